The fraction of sp³-hybridized carbons (Fsp3) is 0.429. The van der Waals surface area contributed by atoms with Crippen LogP contribution in [0.4, 0.5) is 4.39 Å². The number of hydrogen-bond donors (Lipinski definition) is 4. The summed E-state index contributed by atoms with van der Waals surface area (Å²) in [4.78, 5) is 18.2. The van der Waals surface area contributed by atoms with E-state index >= 15 is 0 Å². The fourth-order valence-corrected chi connectivity index (χ4v) is 2.63. The van der Waals surface area contributed by atoms with Crippen LogP contribution in [0.25, 0.3) is 11.0 Å². The number of halogens is 1. The van der Waals surface area contributed by atoms with Gasteiger partial charge in [-0.25, -0.2) is 9.37 Å². The number of aliphatic hydroxyl groups excluding tert-OH is 1. The van der Waals surface area contributed by atoms with E-state index in [2.05, 4.69) is 9.97 Å². The Hall–Kier alpha value is -2.25. The molecule has 1 unspecified atom stereocenters. The summed E-state index contributed by atoms with van der Waals surface area (Å²) < 4.78 is 34.9. The molecule has 4 N–H and O–H groups in total. The summed E-state index contributed by atoms with van der Waals surface area (Å²) in [5.41, 5.74) is -3.49. The zero-order valence-corrected chi connectivity index (χ0v) is 11.8. The molecule has 3 rings (SSSR count). The van der Waals surface area contributed by atoms with Crippen molar-refractivity contribution in [1.29, 1.82) is 0 Å². The molecule has 0 aromatic carbocycles. The number of aromatic nitrogens is 3. The second-order valence-electron chi connectivity index (χ2n) is 5.19. The van der Waals surface area contributed by atoms with E-state index in [9.17, 15) is 24.5 Å². The van der Waals surface area contributed by atoms with Gasteiger partial charge in [0.05, 0.1) is 9.30 Å². The molecule has 0 aliphatic carbocycles. The Labute approximate surface area is 132 Å². The highest BCUT2D eigenvalue weighted by Gasteiger charge is 2.55. The van der Waals surface area contributed by atoms with Gasteiger partial charge in [-0.05, 0) is 6.92 Å². The minimum absolute atomic E-state index is 0.147. The third-order valence-corrected chi connectivity index (χ3v) is 3.76. The molecule has 4 atom stereocenters. The van der Waals surface area contributed by atoms with E-state index in [1.807, 2.05) is 5.92 Å². The molecule has 8 nitrogen and oxygen atoms in total. The summed E-state index contributed by atoms with van der Waals surface area (Å²) in [6, 6.07) is 0. The summed E-state index contributed by atoms with van der Waals surface area (Å²) in [6.07, 6.45) is 0.425. The molecule has 122 valence electrons. The van der Waals surface area contributed by atoms with Gasteiger partial charge in [0.1, 0.15) is 23.4 Å². The summed E-state index contributed by atoms with van der Waals surface area (Å²) in [5.74, 6) is 1.06. The van der Waals surface area contributed by atoms with E-state index in [-0.39, 0.29) is 11.5 Å². The topological polar surface area (TPSA) is 121 Å². The number of aromatic amines is 1. The number of hydrogen-bond acceptors (Lipinski definition) is 6. The number of H-pyrrole nitrogens is 1. The van der Waals surface area contributed by atoms with E-state index in [4.69, 9.17) is 13.9 Å². The third-order valence-electron chi connectivity index (χ3n) is 3.76. The number of aryl methyl sites for hydroxylation is 1. The number of fused-ring (bicyclic) bond motifs is 1. The lowest BCUT2D eigenvalue weighted by molar-refractivity contribution is -0.0720. The molecule has 0 amide bonds. The largest absolute Gasteiger partial charge is 0.394 e. The van der Waals surface area contributed by atoms with E-state index in [1.165, 1.54) is 6.92 Å². The van der Waals surface area contributed by atoms with Gasteiger partial charge in [0.15, 0.2) is 23.3 Å². The van der Waals surface area contributed by atoms with Gasteiger partial charge in [0.25, 0.3) is 5.56 Å². The van der Waals surface area contributed by atoms with Crippen molar-refractivity contribution in [3.63, 3.8) is 0 Å². The predicted molar refractivity (Wildman–Crippen MR) is 75.8 cm³/mol. The second-order valence-corrected chi connectivity index (χ2v) is 5.19. The minimum Gasteiger partial charge on any atom is -0.394 e. The second kappa shape index (κ2) is 5.14. The van der Waals surface area contributed by atoms with Crippen LogP contribution in [-0.2, 0) is 4.74 Å². The van der Waals surface area contributed by atoms with Crippen LogP contribution in [-0.4, -0.2) is 54.2 Å². The maximum Gasteiger partial charge on any atom is 0.263 e. The third kappa shape index (κ3) is 2.08. The molecule has 9 heteroatoms. The van der Waals surface area contributed by atoms with Gasteiger partial charge >= 0.3 is 0 Å². The van der Waals surface area contributed by atoms with Gasteiger partial charge in [-0.2, -0.15) is 0 Å². The first-order valence-electron chi connectivity index (χ1n) is 7.53. The lowest BCUT2D eigenvalue weighted by atomic mass is 9.95. The number of nitrogens with zero attached hydrogens (tertiary/aromatic N) is 2. The van der Waals surface area contributed by atoms with Crippen molar-refractivity contribution in [2.75, 3.05) is 6.56 Å². The van der Waals surface area contributed by atoms with Crippen molar-refractivity contribution in [2.45, 2.75) is 31.0 Å². The van der Waals surface area contributed by atoms with E-state index in [0.29, 0.717) is 0 Å². The van der Waals surface area contributed by atoms with Crippen LogP contribution in [0.1, 0.15) is 14.8 Å². The molecule has 2 aromatic rings. The monoisotopic (exact) mass is 325 g/mol. The fourth-order valence-electron chi connectivity index (χ4n) is 2.63. The van der Waals surface area contributed by atoms with Crippen LogP contribution in [0, 0.1) is 25.1 Å². The van der Waals surface area contributed by atoms with Gasteiger partial charge in [-0.3, -0.25) is 9.36 Å². The van der Waals surface area contributed by atoms with Crippen molar-refractivity contribution in [3.8, 4) is 12.3 Å². The molecule has 23 heavy (non-hydrogen) atoms. The van der Waals surface area contributed by atoms with E-state index in [1.54, 1.807) is 0 Å². The van der Waals surface area contributed by atoms with Crippen molar-refractivity contribution < 1.29 is 27.2 Å². The molecule has 1 fully saturated rings. The molecular weight excluding hydrogens is 309 g/mol. The van der Waals surface area contributed by atoms with Crippen LogP contribution < -0.4 is 5.56 Å². The lowest BCUT2D eigenvalue weighted by Crippen LogP contribution is -2.45. The molecule has 0 radical (unpaired) electrons. The van der Waals surface area contributed by atoms with E-state index in [0.717, 1.165) is 10.8 Å². The number of ether oxygens (including phenoxy) is 1. The maximum absolute atomic E-state index is 14.2. The average Bonchev–Trinajstić information content (AvgIpc) is 2.95. The number of rotatable bonds is 2. The normalized spacial score (nSPS) is 32.6. The van der Waals surface area contributed by atoms with Gasteiger partial charge in [0, 0.05) is 6.20 Å². The SMILES string of the molecule is [2H]C([2H])(O)[C@H]1O[C@@H](n2cc(F)c3c(=O)[nH]c(C)nc32)C(O)(C#C)[C@H]1O. The van der Waals surface area contributed by atoms with Crippen molar-refractivity contribution in [1.82, 2.24) is 14.5 Å². The van der Waals surface area contributed by atoms with Crippen LogP contribution in [0.2, 0.25) is 0 Å². The molecule has 1 aliphatic heterocycles. The molecule has 2 aromatic heterocycles. The van der Waals surface area contributed by atoms with Crippen molar-refractivity contribution >= 4 is 11.0 Å². The van der Waals surface area contributed by atoms with Gasteiger partial charge < -0.3 is 25.0 Å². The summed E-state index contributed by atoms with van der Waals surface area (Å²) in [7, 11) is 0. The van der Waals surface area contributed by atoms with Crippen LogP contribution in [0.15, 0.2) is 11.0 Å². The minimum atomic E-state index is -3.04. The summed E-state index contributed by atoms with van der Waals surface area (Å²) in [6.45, 7) is -1.59. The highest BCUT2D eigenvalue weighted by atomic mass is 19.1. The van der Waals surface area contributed by atoms with Crippen molar-refractivity contribution in [2.24, 2.45) is 0 Å². The molecule has 0 spiro atoms. The molecule has 0 bridgehead atoms. The molecule has 1 aliphatic rings. The lowest BCUT2D eigenvalue weighted by Gasteiger charge is -2.26. The molecule has 3 heterocycles. The van der Waals surface area contributed by atoms with Crippen LogP contribution >= 0.6 is 0 Å². The first-order chi connectivity index (χ1) is 11.5. The molecular formula is C14H14FN3O5. The Balaban J connectivity index is 2.24. The molecule has 0 saturated carbocycles. The van der Waals surface area contributed by atoms with Gasteiger partial charge in [0.2, 0.25) is 0 Å². The number of terminal acetylenes is 1. The number of aliphatic hydroxyl groups is 3. The van der Waals surface area contributed by atoms with E-state index < -0.39 is 47.4 Å². The smallest absolute Gasteiger partial charge is 0.263 e. The Morgan fingerprint density at radius 2 is 2.43 bits per heavy atom. The summed E-state index contributed by atoms with van der Waals surface area (Å²) in [5, 5.41) is 29.8. The quantitative estimate of drug-likeness (QED) is 0.514. The Bertz CT molecular complexity index is 947. The zero-order valence-electron chi connectivity index (χ0n) is 13.8. The van der Waals surface area contributed by atoms with Crippen LogP contribution in [0.3, 0.4) is 0 Å². The number of nitrogens with one attached hydrogen (secondary N) is 1. The highest BCUT2D eigenvalue weighted by Crippen LogP contribution is 2.39. The predicted octanol–water partition coefficient (Wildman–Crippen LogP) is -1.21. The first kappa shape index (κ1) is 13.2. The van der Waals surface area contributed by atoms with Crippen LogP contribution in [0.5, 0.6) is 0 Å². The summed E-state index contributed by atoms with van der Waals surface area (Å²) >= 11 is 0. The van der Waals surface area contributed by atoms with Gasteiger partial charge in [-0.15, -0.1) is 6.42 Å². The van der Waals surface area contributed by atoms with Gasteiger partial charge in [-0.1, -0.05) is 5.92 Å². The standard InChI is InChI=1S/C14H14FN3O5/c1-3-14(22)10(20)8(5-19)23-13(14)18-4-7(15)9-11(18)16-6(2)17-12(9)21/h1,4,8,10,13,19-20,22H,5H2,2H3,(H,16,17,21)/t8-,10+,13-,14?/m1/s1/i5D2. The average molecular weight is 325 g/mol. The van der Waals surface area contributed by atoms with Crippen molar-refractivity contribution in [3.05, 3.63) is 28.2 Å². The first-order valence-corrected chi connectivity index (χ1v) is 6.53. The Morgan fingerprint density at radius 1 is 1.74 bits per heavy atom. The Kier molecular flexibility index (Phi) is 2.95. The zero-order chi connectivity index (χ0) is 18.7. The Morgan fingerprint density at radius 3 is 3.04 bits per heavy atom. The molecule has 1 saturated heterocycles. The highest BCUT2D eigenvalue weighted by molar-refractivity contribution is 5.76. The maximum atomic E-state index is 14.2.